The SMILES string of the molecule is O=C(CC1NC(=O)c2ccccc2NC1=O)NCCn1ccc2ccc(Br)cc21. The quantitative estimate of drug-likeness (QED) is 0.553. The Balaban J connectivity index is 1.34. The van der Waals surface area contributed by atoms with Crippen LogP contribution in [-0.4, -0.2) is 34.9 Å². The summed E-state index contributed by atoms with van der Waals surface area (Å²) in [7, 11) is 0. The van der Waals surface area contributed by atoms with Crippen LogP contribution in [0, 0.1) is 0 Å². The number of benzene rings is 2. The second-order valence-electron chi connectivity index (χ2n) is 6.83. The molecular weight excluding hydrogens is 436 g/mol. The summed E-state index contributed by atoms with van der Waals surface area (Å²) in [5.41, 5.74) is 1.90. The highest BCUT2D eigenvalue weighted by atomic mass is 79.9. The molecule has 4 rings (SSSR count). The van der Waals surface area contributed by atoms with Gasteiger partial charge in [-0.2, -0.15) is 0 Å². The van der Waals surface area contributed by atoms with Gasteiger partial charge in [-0.1, -0.05) is 34.1 Å². The van der Waals surface area contributed by atoms with Gasteiger partial charge in [0, 0.05) is 29.3 Å². The minimum atomic E-state index is -0.918. The summed E-state index contributed by atoms with van der Waals surface area (Å²) in [6.07, 6.45) is 1.85. The predicted octanol–water partition coefficient (Wildman–Crippen LogP) is 2.66. The van der Waals surface area contributed by atoms with E-state index in [1.54, 1.807) is 24.3 Å². The van der Waals surface area contributed by atoms with E-state index in [0.29, 0.717) is 24.3 Å². The number of aromatic nitrogens is 1. The van der Waals surface area contributed by atoms with Crippen molar-refractivity contribution in [3.05, 3.63) is 64.8 Å². The average Bonchev–Trinajstić information content (AvgIpc) is 3.04. The van der Waals surface area contributed by atoms with Gasteiger partial charge in [-0.3, -0.25) is 14.4 Å². The number of carbonyl (C=O) groups excluding carboxylic acids is 3. The summed E-state index contributed by atoms with van der Waals surface area (Å²) < 4.78 is 3.04. The number of carbonyl (C=O) groups is 3. The number of anilines is 1. The lowest BCUT2D eigenvalue weighted by molar-refractivity contribution is -0.125. The Bertz CT molecular complexity index is 1110. The minimum Gasteiger partial charge on any atom is -0.354 e. The van der Waals surface area contributed by atoms with Crippen molar-refractivity contribution in [1.29, 1.82) is 0 Å². The first kappa shape index (κ1) is 19.2. The summed E-state index contributed by atoms with van der Waals surface area (Å²) in [6, 6.07) is 13.9. The van der Waals surface area contributed by atoms with Crippen LogP contribution in [0.15, 0.2) is 59.2 Å². The Morgan fingerprint density at radius 1 is 1.14 bits per heavy atom. The van der Waals surface area contributed by atoms with Crippen molar-refractivity contribution in [3.8, 4) is 0 Å². The van der Waals surface area contributed by atoms with Gasteiger partial charge in [0.25, 0.3) is 5.91 Å². The summed E-state index contributed by atoms with van der Waals surface area (Å²) in [5.74, 6) is -1.07. The number of nitrogens with zero attached hydrogens (tertiary/aromatic N) is 1. The molecule has 2 heterocycles. The molecular formula is C21H19BrN4O3. The zero-order valence-corrected chi connectivity index (χ0v) is 17.0. The molecule has 0 radical (unpaired) electrons. The van der Waals surface area contributed by atoms with Crippen molar-refractivity contribution in [2.75, 3.05) is 11.9 Å². The van der Waals surface area contributed by atoms with Crippen LogP contribution >= 0.6 is 15.9 Å². The van der Waals surface area contributed by atoms with Crippen molar-refractivity contribution in [3.63, 3.8) is 0 Å². The van der Waals surface area contributed by atoms with Crippen LogP contribution in [-0.2, 0) is 16.1 Å². The molecule has 1 aliphatic rings. The molecule has 0 bridgehead atoms. The lowest BCUT2D eigenvalue weighted by Crippen LogP contribution is -2.44. The molecule has 0 fully saturated rings. The molecule has 0 saturated carbocycles. The van der Waals surface area contributed by atoms with Crippen LogP contribution in [0.1, 0.15) is 16.8 Å². The Morgan fingerprint density at radius 2 is 1.97 bits per heavy atom. The minimum absolute atomic E-state index is 0.121. The molecule has 148 valence electrons. The van der Waals surface area contributed by atoms with Crippen molar-refractivity contribution >= 4 is 50.2 Å². The highest BCUT2D eigenvalue weighted by molar-refractivity contribution is 9.10. The van der Waals surface area contributed by atoms with E-state index in [-0.39, 0.29) is 18.2 Å². The smallest absolute Gasteiger partial charge is 0.254 e. The maximum Gasteiger partial charge on any atom is 0.254 e. The first-order chi connectivity index (χ1) is 14.0. The zero-order chi connectivity index (χ0) is 20.4. The van der Waals surface area contributed by atoms with Crippen LogP contribution in [0.4, 0.5) is 5.69 Å². The maximum absolute atomic E-state index is 12.4. The molecule has 3 amide bonds. The second-order valence-corrected chi connectivity index (χ2v) is 7.74. The fourth-order valence-electron chi connectivity index (χ4n) is 3.38. The highest BCUT2D eigenvalue weighted by Crippen LogP contribution is 2.21. The number of fused-ring (bicyclic) bond motifs is 2. The van der Waals surface area contributed by atoms with E-state index in [4.69, 9.17) is 0 Å². The van der Waals surface area contributed by atoms with Crippen molar-refractivity contribution < 1.29 is 14.4 Å². The van der Waals surface area contributed by atoms with Crippen LogP contribution in [0.2, 0.25) is 0 Å². The fraction of sp³-hybridized carbons (Fsp3) is 0.190. The normalized spacial score (nSPS) is 16.0. The molecule has 8 heteroatoms. The third kappa shape index (κ3) is 4.17. The summed E-state index contributed by atoms with van der Waals surface area (Å²) in [6.45, 7) is 1.01. The predicted molar refractivity (Wildman–Crippen MR) is 114 cm³/mol. The van der Waals surface area contributed by atoms with E-state index in [9.17, 15) is 14.4 Å². The maximum atomic E-state index is 12.4. The van der Waals surface area contributed by atoms with Crippen LogP contribution in [0.3, 0.4) is 0 Å². The molecule has 29 heavy (non-hydrogen) atoms. The third-order valence-corrected chi connectivity index (χ3v) is 5.34. The van der Waals surface area contributed by atoms with Gasteiger partial charge in [-0.15, -0.1) is 0 Å². The first-order valence-electron chi connectivity index (χ1n) is 9.23. The highest BCUT2D eigenvalue weighted by Gasteiger charge is 2.29. The third-order valence-electron chi connectivity index (χ3n) is 4.85. The lowest BCUT2D eigenvalue weighted by Gasteiger charge is -2.14. The van der Waals surface area contributed by atoms with Gasteiger partial charge in [0.2, 0.25) is 11.8 Å². The molecule has 2 aromatic carbocycles. The largest absolute Gasteiger partial charge is 0.354 e. The molecule has 1 aromatic heterocycles. The standard InChI is InChI=1S/C21H19BrN4O3/c22-14-6-5-13-7-9-26(18(13)11-14)10-8-23-19(27)12-17-21(29)24-16-4-2-1-3-15(16)20(28)25-17/h1-7,9,11,17H,8,10,12H2,(H,23,27)(H,24,29)(H,25,28). The van der Waals surface area contributed by atoms with Crippen LogP contribution < -0.4 is 16.0 Å². The lowest BCUT2D eigenvalue weighted by atomic mass is 10.1. The molecule has 0 saturated heterocycles. The summed E-state index contributed by atoms with van der Waals surface area (Å²) >= 11 is 3.47. The Labute approximate surface area is 175 Å². The van der Waals surface area contributed by atoms with Gasteiger partial charge in [-0.25, -0.2) is 0 Å². The fourth-order valence-corrected chi connectivity index (χ4v) is 3.73. The van der Waals surface area contributed by atoms with E-state index < -0.39 is 11.9 Å². The topological polar surface area (TPSA) is 92.2 Å². The number of halogens is 1. The molecule has 3 N–H and O–H groups in total. The number of hydrogen-bond donors (Lipinski definition) is 3. The van der Waals surface area contributed by atoms with E-state index >= 15 is 0 Å². The molecule has 0 aliphatic carbocycles. The molecule has 0 spiro atoms. The van der Waals surface area contributed by atoms with Crippen molar-refractivity contribution in [2.24, 2.45) is 0 Å². The number of nitrogens with one attached hydrogen (secondary N) is 3. The molecule has 3 aromatic rings. The van der Waals surface area contributed by atoms with Gasteiger partial charge < -0.3 is 20.5 Å². The van der Waals surface area contributed by atoms with E-state index in [2.05, 4.69) is 36.4 Å². The number of amides is 3. The van der Waals surface area contributed by atoms with Crippen molar-refractivity contribution in [1.82, 2.24) is 15.2 Å². The van der Waals surface area contributed by atoms with Crippen LogP contribution in [0.25, 0.3) is 10.9 Å². The number of hydrogen-bond acceptors (Lipinski definition) is 3. The van der Waals surface area contributed by atoms with Gasteiger partial charge in [0.15, 0.2) is 0 Å². The Hall–Kier alpha value is -3.13. The summed E-state index contributed by atoms with van der Waals surface area (Å²) in [5, 5.41) is 9.27. The van der Waals surface area contributed by atoms with Gasteiger partial charge in [-0.05, 0) is 35.7 Å². The molecule has 7 nitrogen and oxygen atoms in total. The summed E-state index contributed by atoms with van der Waals surface area (Å²) in [4.78, 5) is 37.0. The van der Waals surface area contributed by atoms with Gasteiger partial charge >= 0.3 is 0 Å². The van der Waals surface area contributed by atoms with E-state index in [1.165, 1.54) is 0 Å². The van der Waals surface area contributed by atoms with Crippen molar-refractivity contribution in [2.45, 2.75) is 19.0 Å². The zero-order valence-electron chi connectivity index (χ0n) is 15.4. The Kier molecular flexibility index (Phi) is 5.35. The number of rotatable bonds is 5. The first-order valence-corrected chi connectivity index (χ1v) is 10.0. The second kappa shape index (κ2) is 8.08. The van der Waals surface area contributed by atoms with Gasteiger partial charge in [0.1, 0.15) is 6.04 Å². The molecule has 1 unspecified atom stereocenters. The monoisotopic (exact) mass is 454 g/mol. The molecule has 1 atom stereocenters. The van der Waals surface area contributed by atoms with E-state index in [1.807, 2.05) is 30.5 Å². The van der Waals surface area contributed by atoms with E-state index in [0.717, 1.165) is 15.4 Å². The Morgan fingerprint density at radius 3 is 2.83 bits per heavy atom. The molecule has 1 aliphatic heterocycles. The number of para-hydroxylation sites is 1. The average molecular weight is 455 g/mol. The van der Waals surface area contributed by atoms with Crippen LogP contribution in [0.5, 0.6) is 0 Å². The van der Waals surface area contributed by atoms with Gasteiger partial charge in [0.05, 0.1) is 17.7 Å².